The van der Waals surface area contributed by atoms with Crippen molar-refractivity contribution in [3.05, 3.63) is 69.5 Å². The van der Waals surface area contributed by atoms with E-state index in [0.29, 0.717) is 5.75 Å². The van der Waals surface area contributed by atoms with Crippen LogP contribution in [-0.2, 0) is 9.84 Å². The summed E-state index contributed by atoms with van der Waals surface area (Å²) in [6.45, 7) is 0. The van der Waals surface area contributed by atoms with Crippen LogP contribution in [0.25, 0.3) is 0 Å². The lowest BCUT2D eigenvalue weighted by Crippen LogP contribution is -2.06. The number of hydrogen-bond donors (Lipinski definition) is 1. The van der Waals surface area contributed by atoms with Crippen LogP contribution < -0.4 is 10.1 Å². The van der Waals surface area contributed by atoms with Gasteiger partial charge >= 0.3 is 5.69 Å². The van der Waals surface area contributed by atoms with Crippen molar-refractivity contribution in [3.63, 3.8) is 0 Å². The number of rotatable bonds is 6. The van der Waals surface area contributed by atoms with Gasteiger partial charge in [-0.2, -0.15) is 9.65 Å². The number of nitro groups is 1. The summed E-state index contributed by atoms with van der Waals surface area (Å²) >= 11 is 0. The predicted molar refractivity (Wildman–Crippen MR) is 90.6 cm³/mol. The highest BCUT2D eigenvalue weighted by Crippen LogP contribution is 2.23. The SMILES string of the molecule is COc1ccc(S(=O)(=O)/C(C#N)=C\Nc2ccc([N+](=O)[O-])c(F)c2)cc1. The topological polar surface area (TPSA) is 122 Å². The molecule has 134 valence electrons. The Hall–Kier alpha value is -3.45. The Morgan fingerprint density at radius 1 is 1.31 bits per heavy atom. The van der Waals surface area contributed by atoms with E-state index >= 15 is 0 Å². The maximum absolute atomic E-state index is 13.6. The van der Waals surface area contributed by atoms with Gasteiger partial charge < -0.3 is 10.1 Å². The first-order valence-electron chi connectivity index (χ1n) is 6.99. The number of anilines is 1. The smallest absolute Gasteiger partial charge is 0.304 e. The van der Waals surface area contributed by atoms with E-state index in [0.717, 1.165) is 18.3 Å². The van der Waals surface area contributed by atoms with Crippen LogP contribution in [0.2, 0.25) is 0 Å². The van der Waals surface area contributed by atoms with Gasteiger partial charge in [-0.25, -0.2) is 8.42 Å². The molecule has 0 fully saturated rings. The van der Waals surface area contributed by atoms with Crippen molar-refractivity contribution in [3.8, 4) is 11.8 Å². The van der Waals surface area contributed by atoms with Crippen LogP contribution in [0.5, 0.6) is 5.75 Å². The van der Waals surface area contributed by atoms with E-state index < -0.39 is 31.2 Å². The fraction of sp³-hybridized carbons (Fsp3) is 0.0625. The molecule has 0 aliphatic carbocycles. The molecule has 0 saturated heterocycles. The van der Waals surface area contributed by atoms with Crippen LogP contribution in [0.3, 0.4) is 0 Å². The van der Waals surface area contributed by atoms with Gasteiger partial charge in [0.05, 0.1) is 16.9 Å². The molecule has 2 aromatic rings. The van der Waals surface area contributed by atoms with Gasteiger partial charge in [-0.15, -0.1) is 0 Å². The number of methoxy groups -OCH3 is 1. The third-order valence-corrected chi connectivity index (χ3v) is 4.96. The van der Waals surface area contributed by atoms with Crippen molar-refractivity contribution in [2.75, 3.05) is 12.4 Å². The summed E-state index contributed by atoms with van der Waals surface area (Å²) in [7, 11) is -2.67. The van der Waals surface area contributed by atoms with Crippen molar-refractivity contribution in [2.24, 2.45) is 0 Å². The molecule has 26 heavy (non-hydrogen) atoms. The largest absolute Gasteiger partial charge is 0.497 e. The van der Waals surface area contributed by atoms with Crippen LogP contribution in [0.1, 0.15) is 0 Å². The van der Waals surface area contributed by atoms with E-state index in [4.69, 9.17) is 10.00 Å². The minimum Gasteiger partial charge on any atom is -0.497 e. The summed E-state index contributed by atoms with van der Waals surface area (Å²) < 4.78 is 43.4. The molecule has 0 aromatic heterocycles. The first-order chi connectivity index (χ1) is 12.3. The molecule has 0 aliphatic rings. The molecule has 0 atom stereocenters. The summed E-state index contributed by atoms with van der Waals surface area (Å²) in [6, 6.07) is 9.93. The summed E-state index contributed by atoms with van der Waals surface area (Å²) in [5.41, 5.74) is -0.670. The van der Waals surface area contributed by atoms with Crippen LogP contribution >= 0.6 is 0 Å². The number of allylic oxidation sites excluding steroid dienone is 1. The zero-order chi connectivity index (χ0) is 19.3. The Bertz CT molecular complexity index is 1010. The second-order valence-electron chi connectivity index (χ2n) is 4.87. The van der Waals surface area contributed by atoms with Gasteiger partial charge in [-0.1, -0.05) is 0 Å². The number of ether oxygens (including phenoxy) is 1. The Kier molecular flexibility index (Phi) is 5.54. The van der Waals surface area contributed by atoms with Gasteiger partial charge in [0.1, 0.15) is 11.8 Å². The number of sulfone groups is 1. The molecule has 8 nitrogen and oxygen atoms in total. The van der Waals surface area contributed by atoms with Crippen LogP contribution in [-0.4, -0.2) is 20.5 Å². The van der Waals surface area contributed by atoms with E-state index in [9.17, 15) is 22.9 Å². The molecule has 0 saturated carbocycles. The highest BCUT2D eigenvalue weighted by atomic mass is 32.2. The van der Waals surface area contributed by atoms with E-state index in [-0.39, 0.29) is 10.6 Å². The molecule has 0 unspecified atom stereocenters. The van der Waals surface area contributed by atoms with Gasteiger partial charge in [-0.3, -0.25) is 10.1 Å². The van der Waals surface area contributed by atoms with Crippen molar-refractivity contribution < 1.29 is 22.5 Å². The highest BCUT2D eigenvalue weighted by molar-refractivity contribution is 7.95. The highest BCUT2D eigenvalue weighted by Gasteiger charge is 2.21. The summed E-state index contributed by atoms with van der Waals surface area (Å²) in [5, 5.41) is 22.2. The predicted octanol–water partition coefficient (Wildman–Crippen LogP) is 2.99. The number of nitro benzene ring substituents is 1. The Balaban J connectivity index is 2.30. The molecule has 2 aromatic carbocycles. The summed E-state index contributed by atoms with van der Waals surface area (Å²) in [4.78, 5) is 8.96. The lowest BCUT2D eigenvalue weighted by molar-refractivity contribution is -0.387. The van der Waals surface area contributed by atoms with Crippen molar-refractivity contribution >= 4 is 21.2 Å². The number of hydrogen-bond acceptors (Lipinski definition) is 7. The molecular formula is C16H12FN3O5S. The molecule has 1 N–H and O–H groups in total. The number of nitrogens with zero attached hydrogens (tertiary/aromatic N) is 2. The Morgan fingerprint density at radius 3 is 2.46 bits per heavy atom. The van der Waals surface area contributed by atoms with Crippen molar-refractivity contribution in [1.29, 1.82) is 5.26 Å². The Morgan fingerprint density at radius 2 is 1.96 bits per heavy atom. The van der Waals surface area contributed by atoms with E-state index in [1.165, 1.54) is 37.4 Å². The second-order valence-corrected chi connectivity index (χ2v) is 6.79. The fourth-order valence-corrected chi connectivity index (χ4v) is 3.03. The van der Waals surface area contributed by atoms with Crippen molar-refractivity contribution in [2.45, 2.75) is 4.90 Å². The number of benzene rings is 2. The minimum absolute atomic E-state index is 0.0470. The van der Waals surface area contributed by atoms with Gasteiger partial charge in [-0.05, 0) is 30.3 Å². The molecule has 0 radical (unpaired) electrons. The first-order valence-corrected chi connectivity index (χ1v) is 8.48. The zero-order valence-corrected chi connectivity index (χ0v) is 14.2. The molecular weight excluding hydrogens is 365 g/mol. The van der Waals surface area contributed by atoms with Gasteiger partial charge in [0.25, 0.3) is 0 Å². The maximum Gasteiger partial charge on any atom is 0.304 e. The van der Waals surface area contributed by atoms with Crippen LogP contribution in [0.4, 0.5) is 15.8 Å². The monoisotopic (exact) mass is 377 g/mol. The first kappa shape index (κ1) is 18.9. The quantitative estimate of drug-likeness (QED) is 0.466. The van der Waals surface area contributed by atoms with Gasteiger partial charge in [0, 0.05) is 24.0 Å². The molecule has 0 aliphatic heterocycles. The fourth-order valence-electron chi connectivity index (χ4n) is 1.95. The summed E-state index contributed by atoms with van der Waals surface area (Å²) in [5.74, 6) is -0.643. The second kappa shape index (κ2) is 7.62. The lowest BCUT2D eigenvalue weighted by Gasteiger charge is -2.06. The van der Waals surface area contributed by atoms with Crippen molar-refractivity contribution in [1.82, 2.24) is 0 Å². The molecule has 0 bridgehead atoms. The van der Waals surface area contributed by atoms with E-state index in [1.807, 2.05) is 0 Å². The van der Waals surface area contributed by atoms with E-state index in [1.54, 1.807) is 6.07 Å². The lowest BCUT2D eigenvalue weighted by atomic mass is 10.2. The number of halogens is 1. The van der Waals surface area contributed by atoms with Gasteiger partial charge in [0.2, 0.25) is 15.7 Å². The normalized spacial score (nSPS) is 11.5. The minimum atomic E-state index is -4.10. The average molecular weight is 377 g/mol. The third kappa shape index (κ3) is 3.96. The molecule has 2 rings (SSSR count). The number of nitriles is 1. The number of nitrogens with one attached hydrogen (secondary N) is 1. The average Bonchev–Trinajstić information content (AvgIpc) is 2.61. The molecule has 0 spiro atoms. The zero-order valence-electron chi connectivity index (χ0n) is 13.3. The third-order valence-electron chi connectivity index (χ3n) is 3.28. The Labute approximate surface area is 148 Å². The van der Waals surface area contributed by atoms with Crippen LogP contribution in [0.15, 0.2) is 58.5 Å². The maximum atomic E-state index is 13.6. The molecule has 0 amide bonds. The molecule has 10 heteroatoms. The molecule has 0 heterocycles. The summed E-state index contributed by atoms with van der Waals surface area (Å²) in [6.07, 6.45) is 0.889. The van der Waals surface area contributed by atoms with Gasteiger partial charge in [0.15, 0.2) is 4.91 Å². The standard InChI is InChI=1S/C16H12FN3O5S/c1-25-12-3-5-13(6-4-12)26(23,24)14(9-18)10-19-11-2-7-16(20(21)22)15(17)8-11/h2-8,10,19H,1H3/b14-10-. The van der Waals surface area contributed by atoms with Crippen LogP contribution in [0, 0.1) is 27.3 Å². The van der Waals surface area contributed by atoms with E-state index in [2.05, 4.69) is 5.32 Å².